The molecule has 0 atom stereocenters. The van der Waals surface area contributed by atoms with Crippen molar-refractivity contribution < 1.29 is 4.39 Å². The minimum atomic E-state index is -0.453. The number of halogens is 1. The molecule has 0 radical (unpaired) electrons. The molecule has 1 aromatic heterocycles. The number of aliphatic imine (C=N–C) groups is 3. The van der Waals surface area contributed by atoms with E-state index < -0.39 is 5.83 Å². The average Bonchev–Trinajstić information content (AvgIpc) is 2.88. The summed E-state index contributed by atoms with van der Waals surface area (Å²) in [5.41, 5.74) is 10.2. The summed E-state index contributed by atoms with van der Waals surface area (Å²) in [6, 6.07) is 15.4. The molecule has 1 heterocycles. The number of hydrogen-bond acceptors (Lipinski definition) is 4. The Morgan fingerprint density at radius 2 is 1.94 bits per heavy atom. The third-order valence-corrected chi connectivity index (χ3v) is 5.53. The van der Waals surface area contributed by atoms with E-state index in [2.05, 4.69) is 46.2 Å². The lowest BCUT2D eigenvalue weighted by Crippen LogP contribution is -2.27. The second-order valence-electron chi connectivity index (χ2n) is 8.36. The second kappa shape index (κ2) is 13.1. The Kier molecular flexibility index (Phi) is 9.63. The SMILES string of the molecule is C=C(F)c1ccc2c(-c3ccccc3CN=C(N=CC)/C(=C\NNC=NCC)C(C)C)nccc2c1. The van der Waals surface area contributed by atoms with Gasteiger partial charge in [-0.3, -0.25) is 20.4 Å². The number of hydrogen-bond donors (Lipinski definition) is 2. The molecule has 0 unspecified atom stereocenters. The van der Waals surface area contributed by atoms with Gasteiger partial charge in [0, 0.05) is 47.2 Å². The largest absolute Gasteiger partial charge is 0.307 e. The van der Waals surface area contributed by atoms with E-state index in [9.17, 15) is 4.39 Å². The first-order valence-corrected chi connectivity index (χ1v) is 12.0. The Morgan fingerprint density at radius 1 is 1.14 bits per heavy atom. The molecular formula is C29H33FN6. The number of aromatic nitrogens is 1. The quantitative estimate of drug-likeness (QED) is 0.149. The van der Waals surface area contributed by atoms with Crippen molar-refractivity contribution in [3.05, 3.63) is 84.2 Å². The van der Waals surface area contributed by atoms with Gasteiger partial charge in [0.1, 0.15) is 12.2 Å². The second-order valence-corrected chi connectivity index (χ2v) is 8.36. The van der Waals surface area contributed by atoms with E-state index in [1.165, 1.54) is 0 Å². The molecule has 0 aliphatic heterocycles. The van der Waals surface area contributed by atoms with Crippen LogP contribution in [0.1, 0.15) is 38.8 Å². The van der Waals surface area contributed by atoms with Gasteiger partial charge in [-0.05, 0) is 42.8 Å². The smallest absolute Gasteiger partial charge is 0.152 e. The van der Waals surface area contributed by atoms with Gasteiger partial charge in [-0.2, -0.15) is 0 Å². The van der Waals surface area contributed by atoms with E-state index in [0.717, 1.165) is 33.2 Å². The average molecular weight is 485 g/mol. The number of nitrogens with one attached hydrogen (secondary N) is 2. The molecule has 0 amide bonds. The molecule has 7 heteroatoms. The number of benzene rings is 2. The first-order valence-electron chi connectivity index (χ1n) is 12.0. The minimum Gasteiger partial charge on any atom is -0.307 e. The van der Waals surface area contributed by atoms with Crippen LogP contribution in [-0.4, -0.2) is 29.9 Å². The summed E-state index contributed by atoms with van der Waals surface area (Å²) in [4.78, 5) is 18.2. The maximum absolute atomic E-state index is 13.7. The van der Waals surface area contributed by atoms with Crippen molar-refractivity contribution in [3.63, 3.8) is 0 Å². The van der Waals surface area contributed by atoms with E-state index >= 15 is 0 Å². The van der Waals surface area contributed by atoms with Gasteiger partial charge in [-0.15, -0.1) is 0 Å². The van der Waals surface area contributed by atoms with Crippen molar-refractivity contribution >= 4 is 35.0 Å². The van der Waals surface area contributed by atoms with Gasteiger partial charge in [0.25, 0.3) is 0 Å². The lowest BCUT2D eigenvalue weighted by molar-refractivity contribution is 0.758. The van der Waals surface area contributed by atoms with Gasteiger partial charge in [0.2, 0.25) is 0 Å². The number of rotatable bonds is 10. The predicted octanol–water partition coefficient (Wildman–Crippen LogP) is 6.51. The molecular weight excluding hydrogens is 451 g/mol. The van der Waals surface area contributed by atoms with Crippen molar-refractivity contribution in [1.29, 1.82) is 0 Å². The van der Waals surface area contributed by atoms with E-state index in [1.54, 1.807) is 30.9 Å². The third-order valence-electron chi connectivity index (χ3n) is 5.53. The van der Waals surface area contributed by atoms with Gasteiger partial charge in [0.05, 0.1) is 12.2 Å². The Balaban J connectivity index is 1.98. The van der Waals surface area contributed by atoms with Crippen LogP contribution in [0.5, 0.6) is 0 Å². The lowest BCUT2D eigenvalue weighted by Gasteiger charge is -2.14. The van der Waals surface area contributed by atoms with Crippen LogP contribution in [0.4, 0.5) is 4.39 Å². The van der Waals surface area contributed by atoms with Crippen LogP contribution in [0.25, 0.3) is 27.9 Å². The monoisotopic (exact) mass is 484 g/mol. The number of hydrazine groups is 1. The molecule has 0 fully saturated rings. The number of amidine groups is 1. The fraction of sp³-hybridized carbons (Fsp3) is 0.241. The van der Waals surface area contributed by atoms with Crippen LogP contribution in [0.3, 0.4) is 0 Å². The topological polar surface area (TPSA) is 74.0 Å². The van der Waals surface area contributed by atoms with Crippen LogP contribution in [0.15, 0.2) is 88.1 Å². The van der Waals surface area contributed by atoms with Crippen LogP contribution in [0.2, 0.25) is 0 Å². The van der Waals surface area contributed by atoms with Gasteiger partial charge in [-0.1, -0.05) is 56.8 Å². The molecule has 2 N–H and O–H groups in total. The van der Waals surface area contributed by atoms with E-state index in [0.29, 0.717) is 24.5 Å². The summed E-state index contributed by atoms with van der Waals surface area (Å²) in [6.07, 6.45) is 6.98. The molecule has 3 aromatic rings. The molecule has 0 aliphatic rings. The molecule has 0 saturated heterocycles. The van der Waals surface area contributed by atoms with Crippen molar-refractivity contribution in [1.82, 2.24) is 15.8 Å². The minimum absolute atomic E-state index is 0.194. The molecule has 2 aromatic carbocycles. The zero-order chi connectivity index (χ0) is 25.9. The zero-order valence-electron chi connectivity index (χ0n) is 21.3. The van der Waals surface area contributed by atoms with Crippen molar-refractivity contribution in [2.24, 2.45) is 20.9 Å². The maximum atomic E-state index is 13.7. The Bertz CT molecular complexity index is 1320. The summed E-state index contributed by atoms with van der Waals surface area (Å²) >= 11 is 0. The normalized spacial score (nSPS) is 12.7. The van der Waals surface area contributed by atoms with Crippen LogP contribution < -0.4 is 10.9 Å². The zero-order valence-corrected chi connectivity index (χ0v) is 21.3. The fourth-order valence-corrected chi connectivity index (χ4v) is 3.72. The highest BCUT2D eigenvalue weighted by molar-refractivity contribution is 6.03. The first-order chi connectivity index (χ1) is 17.5. The van der Waals surface area contributed by atoms with Crippen LogP contribution in [0, 0.1) is 5.92 Å². The summed E-state index contributed by atoms with van der Waals surface area (Å²) in [7, 11) is 0. The van der Waals surface area contributed by atoms with Crippen molar-refractivity contribution in [2.75, 3.05) is 6.54 Å². The Morgan fingerprint density at radius 3 is 2.67 bits per heavy atom. The molecule has 0 spiro atoms. The molecule has 3 rings (SSSR count). The highest BCUT2D eigenvalue weighted by Crippen LogP contribution is 2.31. The Labute approximate surface area is 212 Å². The van der Waals surface area contributed by atoms with Crippen LogP contribution >= 0.6 is 0 Å². The first kappa shape index (κ1) is 26.5. The summed E-state index contributed by atoms with van der Waals surface area (Å²) in [6.45, 7) is 12.6. The molecule has 186 valence electrons. The fourth-order valence-electron chi connectivity index (χ4n) is 3.72. The van der Waals surface area contributed by atoms with Crippen molar-refractivity contribution in [3.8, 4) is 11.3 Å². The maximum Gasteiger partial charge on any atom is 0.152 e. The highest BCUT2D eigenvalue weighted by atomic mass is 19.1. The van der Waals surface area contributed by atoms with Gasteiger partial charge >= 0.3 is 0 Å². The molecule has 0 aliphatic carbocycles. The number of pyridine rings is 1. The van der Waals surface area contributed by atoms with Crippen LogP contribution in [-0.2, 0) is 6.54 Å². The molecule has 6 nitrogen and oxygen atoms in total. The summed E-state index contributed by atoms with van der Waals surface area (Å²) < 4.78 is 13.7. The predicted molar refractivity (Wildman–Crippen MR) is 151 cm³/mol. The van der Waals surface area contributed by atoms with Crippen molar-refractivity contribution in [2.45, 2.75) is 34.2 Å². The number of nitrogens with zero attached hydrogens (tertiary/aromatic N) is 4. The summed E-state index contributed by atoms with van der Waals surface area (Å²) in [5, 5.41) is 1.85. The highest BCUT2D eigenvalue weighted by Gasteiger charge is 2.13. The van der Waals surface area contributed by atoms with Gasteiger partial charge < -0.3 is 5.43 Å². The lowest BCUT2D eigenvalue weighted by atomic mass is 9.98. The molecule has 0 saturated carbocycles. The standard InChI is InChI=1S/C29H33FN6/c1-6-31-19-36-35-18-27(20(3)4)29(32-7-2)34-17-24-10-8-9-11-25(24)28-26-13-12-22(21(5)30)16-23(26)14-15-33-28/h7-16,18-20,35H,5-6,17H2,1-4H3,(H,31,36)/b27-18-,32-7?,34-29?. The molecule has 36 heavy (non-hydrogen) atoms. The summed E-state index contributed by atoms with van der Waals surface area (Å²) in [5.74, 6) is 0.394. The van der Waals surface area contributed by atoms with E-state index in [-0.39, 0.29) is 5.92 Å². The van der Waals surface area contributed by atoms with E-state index in [1.807, 2.05) is 56.4 Å². The molecule has 0 bridgehead atoms. The number of fused-ring (bicyclic) bond motifs is 1. The third kappa shape index (κ3) is 6.72. The van der Waals surface area contributed by atoms with E-state index in [4.69, 9.17) is 4.99 Å². The van der Waals surface area contributed by atoms with Gasteiger partial charge in [-0.25, -0.2) is 9.38 Å². The Hall–Kier alpha value is -4.13. The van der Waals surface area contributed by atoms with Gasteiger partial charge in [0.15, 0.2) is 5.84 Å².